The van der Waals surface area contributed by atoms with Gasteiger partial charge in [0.15, 0.2) is 5.65 Å². The monoisotopic (exact) mass is 476 g/mol. The van der Waals surface area contributed by atoms with E-state index in [0.717, 1.165) is 29.6 Å². The summed E-state index contributed by atoms with van der Waals surface area (Å²) in [6, 6.07) is 7.51. The van der Waals surface area contributed by atoms with Gasteiger partial charge in [-0.2, -0.15) is 10.2 Å². The number of nitrogens with zero attached hydrogens (tertiary/aromatic N) is 8. The van der Waals surface area contributed by atoms with E-state index < -0.39 is 5.60 Å². The Morgan fingerprint density at radius 1 is 1.06 bits per heavy atom. The third kappa shape index (κ3) is 5.23. The van der Waals surface area contributed by atoms with Crippen molar-refractivity contribution in [1.82, 2.24) is 39.4 Å². The maximum Gasteiger partial charge on any atom is 0.410 e. The van der Waals surface area contributed by atoms with Crippen LogP contribution >= 0.6 is 0 Å². The molecule has 0 saturated carbocycles. The second kappa shape index (κ2) is 9.32. The van der Waals surface area contributed by atoms with Crippen molar-refractivity contribution in [2.45, 2.75) is 45.8 Å². The Hall–Kier alpha value is -4.02. The lowest BCUT2D eigenvalue weighted by molar-refractivity contribution is 0.0177. The molecular weight excluding hydrogens is 448 g/mol. The highest BCUT2D eigenvalue weighted by Gasteiger charge is 2.27. The van der Waals surface area contributed by atoms with Crippen LogP contribution in [0.1, 0.15) is 33.6 Å². The number of piperidine rings is 1. The summed E-state index contributed by atoms with van der Waals surface area (Å²) >= 11 is 0. The van der Waals surface area contributed by atoms with Crippen LogP contribution in [0, 0.1) is 5.92 Å². The molecule has 1 saturated heterocycles. The Morgan fingerprint density at radius 3 is 2.51 bits per heavy atom. The molecule has 0 spiro atoms. The summed E-state index contributed by atoms with van der Waals surface area (Å²) in [6.45, 7) is 7.71. The first kappa shape index (κ1) is 22.8. The van der Waals surface area contributed by atoms with Crippen LogP contribution < -0.4 is 4.74 Å². The minimum Gasteiger partial charge on any atom is -0.444 e. The van der Waals surface area contributed by atoms with Gasteiger partial charge in [-0.25, -0.2) is 29.1 Å². The number of carbonyl (C=O) groups excluding carboxylic acids is 1. The Bertz CT molecular complexity index is 1290. The van der Waals surface area contributed by atoms with Crippen LogP contribution in [0.2, 0.25) is 0 Å². The molecular formula is C24H28N8O3. The van der Waals surface area contributed by atoms with Crippen molar-refractivity contribution in [3.8, 4) is 17.3 Å². The molecule has 4 heterocycles. The van der Waals surface area contributed by atoms with Crippen LogP contribution in [0.3, 0.4) is 0 Å². The van der Waals surface area contributed by atoms with Crippen LogP contribution in [-0.2, 0) is 11.3 Å². The molecule has 4 aromatic rings. The second-order valence-electron chi connectivity index (χ2n) is 9.59. The van der Waals surface area contributed by atoms with Crippen molar-refractivity contribution in [2.24, 2.45) is 5.92 Å². The fraction of sp³-hybridized carbons (Fsp3) is 0.417. The fourth-order valence-corrected chi connectivity index (χ4v) is 4.08. The van der Waals surface area contributed by atoms with Gasteiger partial charge < -0.3 is 14.4 Å². The standard InChI is InChI=1S/C24H28N8O3/c1-24(2,3)35-23(33)30-10-8-17(9-11-30)13-31-21-20(12-28-31)22(27-15-26-21)34-19-6-4-18(5-7-19)32-16-25-14-29-32/h4-7,12,14-17H,8-11,13H2,1-3H3. The van der Waals surface area contributed by atoms with Crippen LogP contribution in [-0.4, -0.2) is 64.2 Å². The van der Waals surface area contributed by atoms with Crippen LogP contribution in [0.5, 0.6) is 11.6 Å². The summed E-state index contributed by atoms with van der Waals surface area (Å²) in [4.78, 5) is 26.8. The van der Waals surface area contributed by atoms with Crippen molar-refractivity contribution in [1.29, 1.82) is 0 Å². The average Bonchev–Trinajstić information content (AvgIpc) is 3.50. The van der Waals surface area contributed by atoms with E-state index in [9.17, 15) is 4.79 Å². The number of rotatable bonds is 5. The maximum atomic E-state index is 12.3. The van der Waals surface area contributed by atoms with Gasteiger partial charge in [-0.3, -0.25) is 0 Å². The maximum absolute atomic E-state index is 12.3. The second-order valence-corrected chi connectivity index (χ2v) is 9.59. The largest absolute Gasteiger partial charge is 0.444 e. The number of aromatic nitrogens is 7. The van der Waals surface area contributed by atoms with Crippen molar-refractivity contribution in [2.75, 3.05) is 13.1 Å². The first-order valence-electron chi connectivity index (χ1n) is 11.6. The minimum absolute atomic E-state index is 0.246. The van der Waals surface area contributed by atoms with Gasteiger partial charge in [-0.05, 0) is 63.8 Å². The predicted molar refractivity (Wildman–Crippen MR) is 127 cm³/mol. The Labute approximate surface area is 202 Å². The molecule has 1 aliphatic heterocycles. The van der Waals surface area contributed by atoms with E-state index in [1.165, 1.54) is 12.7 Å². The van der Waals surface area contributed by atoms with Crippen molar-refractivity contribution in [3.05, 3.63) is 49.4 Å². The molecule has 11 heteroatoms. The summed E-state index contributed by atoms with van der Waals surface area (Å²) in [5, 5.41) is 9.43. The average molecular weight is 477 g/mol. The first-order chi connectivity index (χ1) is 16.9. The number of ether oxygens (including phenoxy) is 2. The lowest BCUT2D eigenvalue weighted by Crippen LogP contribution is -2.42. The number of fused-ring (bicyclic) bond motifs is 1. The molecule has 182 valence electrons. The molecule has 0 radical (unpaired) electrons. The van der Waals surface area contributed by atoms with Gasteiger partial charge in [-0.15, -0.1) is 0 Å². The summed E-state index contributed by atoms with van der Waals surface area (Å²) in [5.74, 6) is 1.49. The normalized spacial score (nSPS) is 14.9. The summed E-state index contributed by atoms with van der Waals surface area (Å²) in [5.41, 5.74) is 1.12. The smallest absolute Gasteiger partial charge is 0.410 e. The Morgan fingerprint density at radius 2 is 1.83 bits per heavy atom. The van der Waals surface area contributed by atoms with E-state index in [-0.39, 0.29) is 6.09 Å². The van der Waals surface area contributed by atoms with Gasteiger partial charge in [-0.1, -0.05) is 0 Å². The van der Waals surface area contributed by atoms with Crippen molar-refractivity contribution < 1.29 is 14.3 Å². The zero-order chi connectivity index (χ0) is 24.4. The summed E-state index contributed by atoms with van der Waals surface area (Å²) in [6.07, 6.45) is 7.88. The van der Waals surface area contributed by atoms with E-state index in [0.29, 0.717) is 37.2 Å². The molecule has 3 aromatic heterocycles. The minimum atomic E-state index is -0.485. The lowest BCUT2D eigenvalue weighted by atomic mass is 9.97. The molecule has 0 bridgehead atoms. The van der Waals surface area contributed by atoms with E-state index >= 15 is 0 Å². The highest BCUT2D eigenvalue weighted by molar-refractivity contribution is 5.80. The number of hydrogen-bond donors (Lipinski definition) is 0. The van der Waals surface area contributed by atoms with Gasteiger partial charge in [0.2, 0.25) is 5.88 Å². The molecule has 0 unspecified atom stereocenters. The molecule has 11 nitrogen and oxygen atoms in total. The molecule has 1 amide bonds. The number of benzene rings is 1. The van der Waals surface area contributed by atoms with Crippen molar-refractivity contribution in [3.63, 3.8) is 0 Å². The molecule has 0 N–H and O–H groups in total. The van der Waals surface area contributed by atoms with E-state index in [1.54, 1.807) is 22.1 Å². The summed E-state index contributed by atoms with van der Waals surface area (Å²) in [7, 11) is 0. The number of hydrogen-bond acceptors (Lipinski definition) is 8. The first-order valence-corrected chi connectivity index (χ1v) is 11.6. The van der Waals surface area contributed by atoms with E-state index in [1.807, 2.05) is 49.7 Å². The highest BCUT2D eigenvalue weighted by atomic mass is 16.6. The van der Waals surface area contributed by atoms with Crippen LogP contribution in [0.4, 0.5) is 4.79 Å². The van der Waals surface area contributed by atoms with Gasteiger partial charge in [0, 0.05) is 19.6 Å². The zero-order valence-corrected chi connectivity index (χ0v) is 20.0. The van der Waals surface area contributed by atoms with Gasteiger partial charge in [0.05, 0.1) is 11.9 Å². The number of carbonyl (C=O) groups is 1. The van der Waals surface area contributed by atoms with E-state index in [2.05, 4.69) is 25.1 Å². The van der Waals surface area contributed by atoms with Crippen molar-refractivity contribution >= 4 is 17.1 Å². The van der Waals surface area contributed by atoms with E-state index in [4.69, 9.17) is 9.47 Å². The van der Waals surface area contributed by atoms with Crippen LogP contribution in [0.15, 0.2) is 49.4 Å². The molecule has 5 rings (SSSR count). The molecule has 0 aliphatic carbocycles. The van der Waals surface area contributed by atoms with Gasteiger partial charge in [0.25, 0.3) is 0 Å². The van der Waals surface area contributed by atoms with Crippen LogP contribution in [0.25, 0.3) is 16.7 Å². The summed E-state index contributed by atoms with van der Waals surface area (Å²) < 4.78 is 15.1. The predicted octanol–water partition coefficient (Wildman–Crippen LogP) is 3.85. The Balaban J connectivity index is 1.23. The highest BCUT2D eigenvalue weighted by Crippen LogP contribution is 2.28. The molecule has 1 fully saturated rings. The lowest BCUT2D eigenvalue weighted by Gasteiger charge is -2.33. The van der Waals surface area contributed by atoms with Gasteiger partial charge in [0.1, 0.15) is 35.7 Å². The quantitative estimate of drug-likeness (QED) is 0.427. The Kier molecular flexibility index (Phi) is 6.06. The molecule has 0 atom stereocenters. The zero-order valence-electron chi connectivity index (χ0n) is 20.0. The molecule has 35 heavy (non-hydrogen) atoms. The molecule has 1 aromatic carbocycles. The fourth-order valence-electron chi connectivity index (χ4n) is 4.08. The third-order valence-electron chi connectivity index (χ3n) is 5.83. The van der Waals surface area contributed by atoms with Gasteiger partial charge >= 0.3 is 6.09 Å². The number of likely N-dealkylation sites (tertiary alicyclic amines) is 1. The third-order valence-corrected chi connectivity index (χ3v) is 5.83. The molecule has 1 aliphatic rings. The number of amides is 1. The SMILES string of the molecule is CC(C)(C)OC(=O)N1CCC(Cn2ncc3c(Oc4ccc(-n5cncn5)cc4)ncnc32)CC1. The topological polar surface area (TPSA) is 113 Å².